The monoisotopic (exact) mass is 455 g/mol. The molecule has 1 N–H and O–H groups in total. The van der Waals surface area contributed by atoms with E-state index >= 15 is 0 Å². The molecule has 0 aliphatic heterocycles. The van der Waals surface area contributed by atoms with Crippen LogP contribution in [-0.2, 0) is 16.0 Å². The molecule has 32 heavy (non-hydrogen) atoms. The van der Waals surface area contributed by atoms with E-state index in [2.05, 4.69) is 15.4 Å². The summed E-state index contributed by atoms with van der Waals surface area (Å²) in [6, 6.07) is 7.77. The zero-order valence-corrected chi connectivity index (χ0v) is 18.7. The molecule has 0 radical (unpaired) electrons. The molecule has 0 unspecified atom stereocenters. The molecule has 10 heteroatoms. The Hall–Kier alpha value is -3.37. The standard InChI is InChI=1S/C22H22FN5O3S/c1-13-10-18(26-28(13)16-6-4-15(23)5-7-16)20-14(2)25-22-27(21(20)30)17(12-32-22)11-19(29)24-8-9-31-3/h4-7,10,12H,8-9,11H2,1-3H3,(H,24,29). The van der Waals surface area contributed by atoms with Crippen LogP contribution in [0, 0.1) is 19.7 Å². The Morgan fingerprint density at radius 3 is 2.72 bits per heavy atom. The van der Waals surface area contributed by atoms with E-state index in [1.54, 1.807) is 42.3 Å². The number of nitrogens with zero attached hydrogens (tertiary/aromatic N) is 4. The van der Waals surface area contributed by atoms with Gasteiger partial charge in [0, 0.05) is 30.4 Å². The van der Waals surface area contributed by atoms with Crippen molar-refractivity contribution in [3.05, 3.63) is 69.0 Å². The number of hydrogen-bond donors (Lipinski definition) is 1. The molecule has 4 rings (SSSR count). The number of aryl methyl sites for hydroxylation is 2. The van der Waals surface area contributed by atoms with Gasteiger partial charge >= 0.3 is 0 Å². The third-order valence-electron chi connectivity index (χ3n) is 5.01. The Morgan fingerprint density at radius 2 is 2.00 bits per heavy atom. The molecular weight excluding hydrogens is 433 g/mol. The summed E-state index contributed by atoms with van der Waals surface area (Å²) in [6.45, 7) is 4.44. The number of aromatic nitrogens is 4. The molecule has 0 aliphatic rings. The van der Waals surface area contributed by atoms with Crippen LogP contribution in [0.2, 0.25) is 0 Å². The van der Waals surface area contributed by atoms with Gasteiger partial charge < -0.3 is 10.1 Å². The van der Waals surface area contributed by atoms with Crippen molar-refractivity contribution in [2.45, 2.75) is 20.3 Å². The lowest BCUT2D eigenvalue weighted by atomic mass is 10.1. The predicted octanol–water partition coefficient (Wildman–Crippen LogP) is 2.67. The maximum Gasteiger partial charge on any atom is 0.268 e. The fourth-order valence-electron chi connectivity index (χ4n) is 3.48. The van der Waals surface area contributed by atoms with Crippen LogP contribution < -0.4 is 10.9 Å². The van der Waals surface area contributed by atoms with Gasteiger partial charge in [-0.1, -0.05) is 0 Å². The van der Waals surface area contributed by atoms with E-state index in [0.29, 0.717) is 46.4 Å². The van der Waals surface area contributed by atoms with E-state index < -0.39 is 0 Å². The Kier molecular flexibility index (Phi) is 6.15. The summed E-state index contributed by atoms with van der Waals surface area (Å²) in [5.74, 6) is -0.536. The van der Waals surface area contributed by atoms with Crippen molar-refractivity contribution in [2.75, 3.05) is 20.3 Å². The van der Waals surface area contributed by atoms with Crippen molar-refractivity contribution in [3.63, 3.8) is 0 Å². The molecule has 3 heterocycles. The number of halogens is 1. The molecule has 0 saturated carbocycles. The first-order valence-electron chi connectivity index (χ1n) is 9.97. The summed E-state index contributed by atoms with van der Waals surface area (Å²) in [6.07, 6.45) is 0.0524. The Balaban J connectivity index is 1.74. The minimum atomic E-state index is -0.334. The minimum Gasteiger partial charge on any atom is -0.383 e. The molecule has 3 aromatic heterocycles. The normalized spacial score (nSPS) is 11.2. The summed E-state index contributed by atoms with van der Waals surface area (Å²) in [7, 11) is 1.56. The smallest absolute Gasteiger partial charge is 0.268 e. The fraction of sp³-hybridized carbons (Fsp3) is 0.273. The Bertz CT molecular complexity index is 1340. The van der Waals surface area contributed by atoms with Gasteiger partial charge in [-0.2, -0.15) is 5.10 Å². The van der Waals surface area contributed by atoms with Crippen molar-refractivity contribution in [3.8, 4) is 16.9 Å². The molecule has 1 aromatic carbocycles. The number of thiazole rings is 1. The molecule has 166 valence electrons. The summed E-state index contributed by atoms with van der Waals surface area (Å²) >= 11 is 1.31. The first-order valence-corrected chi connectivity index (χ1v) is 10.9. The number of hydrogen-bond acceptors (Lipinski definition) is 6. The molecule has 0 fully saturated rings. The number of carbonyl (C=O) groups is 1. The molecule has 0 bridgehead atoms. The van der Waals surface area contributed by atoms with Crippen LogP contribution in [0.25, 0.3) is 21.9 Å². The van der Waals surface area contributed by atoms with E-state index in [0.717, 1.165) is 5.69 Å². The lowest BCUT2D eigenvalue weighted by molar-refractivity contribution is -0.120. The zero-order chi connectivity index (χ0) is 22.8. The number of benzene rings is 1. The van der Waals surface area contributed by atoms with Gasteiger partial charge in [0.2, 0.25) is 5.91 Å². The van der Waals surface area contributed by atoms with Crippen molar-refractivity contribution in [1.29, 1.82) is 0 Å². The lowest BCUT2D eigenvalue weighted by Gasteiger charge is -2.07. The van der Waals surface area contributed by atoms with E-state index in [-0.39, 0.29) is 23.7 Å². The third-order valence-corrected chi connectivity index (χ3v) is 5.88. The Morgan fingerprint density at radius 1 is 1.25 bits per heavy atom. The van der Waals surface area contributed by atoms with E-state index in [1.807, 2.05) is 6.92 Å². The van der Waals surface area contributed by atoms with Crippen LogP contribution >= 0.6 is 11.3 Å². The second-order valence-corrected chi connectivity index (χ2v) is 8.14. The topological polar surface area (TPSA) is 90.5 Å². The molecule has 0 atom stereocenters. The number of fused-ring (bicyclic) bond motifs is 1. The molecule has 0 spiro atoms. The number of rotatable bonds is 7. The SMILES string of the molecule is COCCNC(=O)Cc1csc2nc(C)c(-c3cc(C)n(-c4ccc(F)cc4)n3)c(=O)n12. The highest BCUT2D eigenvalue weighted by Gasteiger charge is 2.20. The average Bonchev–Trinajstić information content (AvgIpc) is 3.32. The second-order valence-electron chi connectivity index (χ2n) is 7.30. The zero-order valence-electron chi connectivity index (χ0n) is 17.9. The number of amides is 1. The fourth-order valence-corrected chi connectivity index (χ4v) is 4.41. The van der Waals surface area contributed by atoms with Crippen LogP contribution in [0.4, 0.5) is 4.39 Å². The third kappa shape index (κ3) is 4.19. The summed E-state index contributed by atoms with van der Waals surface area (Å²) in [4.78, 5) is 30.8. The number of methoxy groups -OCH3 is 1. The van der Waals surface area contributed by atoms with E-state index in [1.165, 1.54) is 27.9 Å². The highest BCUT2D eigenvalue weighted by molar-refractivity contribution is 7.15. The molecular formula is C22H22FN5O3S. The van der Waals surface area contributed by atoms with Gasteiger partial charge in [0.1, 0.15) is 11.5 Å². The van der Waals surface area contributed by atoms with E-state index in [9.17, 15) is 14.0 Å². The van der Waals surface area contributed by atoms with Crippen LogP contribution in [0.3, 0.4) is 0 Å². The molecule has 4 aromatic rings. The van der Waals surface area contributed by atoms with Gasteiger partial charge in [0.05, 0.1) is 30.0 Å². The quantitative estimate of drug-likeness (QED) is 0.433. The van der Waals surface area contributed by atoms with E-state index in [4.69, 9.17) is 4.74 Å². The van der Waals surface area contributed by atoms with Gasteiger partial charge in [-0.15, -0.1) is 11.3 Å². The first kappa shape index (κ1) is 21.8. The van der Waals surface area contributed by atoms with Gasteiger partial charge in [0.15, 0.2) is 4.96 Å². The lowest BCUT2D eigenvalue weighted by Crippen LogP contribution is -2.30. The number of carbonyl (C=O) groups excluding carboxylic acids is 1. The Labute approximate surface area is 187 Å². The highest BCUT2D eigenvalue weighted by atomic mass is 32.1. The summed E-state index contributed by atoms with van der Waals surface area (Å²) < 4.78 is 21.4. The van der Waals surface area contributed by atoms with Crippen molar-refractivity contribution in [1.82, 2.24) is 24.5 Å². The van der Waals surface area contributed by atoms with Crippen LogP contribution in [0.15, 0.2) is 40.5 Å². The maximum absolute atomic E-state index is 13.5. The van der Waals surface area contributed by atoms with Crippen molar-refractivity contribution >= 4 is 22.2 Å². The molecule has 0 aliphatic carbocycles. The molecule has 1 amide bonds. The summed E-state index contributed by atoms with van der Waals surface area (Å²) in [5.41, 5.74) is 3.15. The first-order chi connectivity index (χ1) is 15.4. The van der Waals surface area contributed by atoms with Crippen LogP contribution in [0.5, 0.6) is 0 Å². The largest absolute Gasteiger partial charge is 0.383 e. The second kappa shape index (κ2) is 9.01. The van der Waals surface area contributed by atoms with Gasteiger partial charge in [-0.3, -0.25) is 14.0 Å². The van der Waals surface area contributed by atoms with Crippen molar-refractivity contribution < 1.29 is 13.9 Å². The van der Waals surface area contributed by atoms with Crippen molar-refractivity contribution in [2.24, 2.45) is 0 Å². The van der Waals surface area contributed by atoms with Gasteiger partial charge in [0.25, 0.3) is 5.56 Å². The number of nitrogens with one attached hydrogen (secondary N) is 1. The minimum absolute atomic E-state index is 0.0524. The maximum atomic E-state index is 13.5. The molecule has 8 nitrogen and oxygen atoms in total. The molecule has 0 saturated heterocycles. The highest BCUT2D eigenvalue weighted by Crippen LogP contribution is 2.23. The average molecular weight is 456 g/mol. The van der Waals surface area contributed by atoms with Gasteiger partial charge in [-0.05, 0) is 44.2 Å². The number of ether oxygens (including phenoxy) is 1. The predicted molar refractivity (Wildman–Crippen MR) is 120 cm³/mol. The van der Waals surface area contributed by atoms with Gasteiger partial charge in [-0.25, -0.2) is 14.1 Å². The van der Waals surface area contributed by atoms with Crippen LogP contribution in [0.1, 0.15) is 17.1 Å². The summed E-state index contributed by atoms with van der Waals surface area (Å²) in [5, 5.41) is 9.11. The van der Waals surface area contributed by atoms with Crippen LogP contribution in [-0.4, -0.2) is 45.3 Å².